The monoisotopic (exact) mass is 382 g/mol. The Morgan fingerprint density at radius 1 is 1.21 bits per heavy atom. The molecule has 1 N–H and O–H groups in total. The summed E-state index contributed by atoms with van der Waals surface area (Å²) in [5, 5.41) is 7.09. The van der Waals surface area contributed by atoms with E-state index in [2.05, 4.69) is 20.3 Å². The van der Waals surface area contributed by atoms with Gasteiger partial charge in [-0.3, -0.25) is 14.3 Å². The molecule has 0 saturated carbocycles. The maximum absolute atomic E-state index is 12.9. The molecule has 0 radical (unpaired) electrons. The van der Waals surface area contributed by atoms with Crippen molar-refractivity contribution in [3.8, 4) is 0 Å². The third-order valence-electron chi connectivity index (χ3n) is 5.76. The van der Waals surface area contributed by atoms with E-state index in [4.69, 9.17) is 0 Å². The van der Waals surface area contributed by atoms with E-state index in [1.807, 2.05) is 20.0 Å². The number of hydrogen-bond donors (Lipinski definition) is 1. The minimum Gasteiger partial charge on any atom is -0.357 e. The van der Waals surface area contributed by atoms with Crippen molar-refractivity contribution in [3.05, 3.63) is 35.8 Å². The summed E-state index contributed by atoms with van der Waals surface area (Å²) in [6, 6.07) is 3.63. The molecule has 2 aromatic heterocycles. The van der Waals surface area contributed by atoms with Crippen LogP contribution in [0.1, 0.15) is 35.3 Å². The van der Waals surface area contributed by atoms with Gasteiger partial charge in [-0.25, -0.2) is 4.98 Å². The number of amides is 2. The number of hydrogen-bond acceptors (Lipinski definition) is 5. The molecule has 4 rings (SSSR count). The largest absolute Gasteiger partial charge is 0.357 e. The number of carbonyl (C=O) groups excluding carboxylic acids is 2. The number of pyridine rings is 1. The molecule has 2 aromatic rings. The summed E-state index contributed by atoms with van der Waals surface area (Å²) in [5.41, 5.74) is 2.27. The maximum atomic E-state index is 12.9. The zero-order valence-corrected chi connectivity index (χ0v) is 16.4. The molecule has 8 nitrogen and oxygen atoms in total. The van der Waals surface area contributed by atoms with Gasteiger partial charge in [-0.1, -0.05) is 0 Å². The van der Waals surface area contributed by atoms with Gasteiger partial charge in [0.1, 0.15) is 5.82 Å². The summed E-state index contributed by atoms with van der Waals surface area (Å²) < 4.78 is 1.72. The molecular weight excluding hydrogens is 356 g/mol. The average molecular weight is 382 g/mol. The Balaban J connectivity index is 1.39. The Hall–Kier alpha value is -2.90. The predicted molar refractivity (Wildman–Crippen MR) is 106 cm³/mol. The van der Waals surface area contributed by atoms with Crippen LogP contribution in [-0.2, 0) is 11.8 Å². The second-order valence-corrected chi connectivity index (χ2v) is 7.59. The van der Waals surface area contributed by atoms with Crippen LogP contribution in [0.4, 0.5) is 11.5 Å². The molecule has 4 heterocycles. The molecule has 0 aromatic carbocycles. The molecule has 0 spiro atoms. The third kappa shape index (κ3) is 3.58. The molecule has 2 aliphatic rings. The summed E-state index contributed by atoms with van der Waals surface area (Å²) in [6.07, 6.45) is 6.35. The van der Waals surface area contributed by atoms with Crippen molar-refractivity contribution in [2.45, 2.75) is 26.2 Å². The van der Waals surface area contributed by atoms with Crippen LogP contribution in [0.5, 0.6) is 0 Å². The highest BCUT2D eigenvalue weighted by molar-refractivity contribution is 5.97. The molecule has 2 aliphatic heterocycles. The number of likely N-dealkylation sites (tertiary alicyclic amines) is 1. The SMILES string of the molecule is Cc1c(NC(=O)C2CCN(C(=O)c3ccnc(N4CCCC4)c3)C2)cnn1C. The van der Waals surface area contributed by atoms with E-state index < -0.39 is 0 Å². The maximum Gasteiger partial charge on any atom is 0.254 e. The van der Waals surface area contributed by atoms with Crippen LogP contribution in [0, 0.1) is 12.8 Å². The number of carbonyl (C=O) groups is 2. The molecule has 0 aliphatic carbocycles. The first-order valence-electron chi connectivity index (χ1n) is 9.82. The highest BCUT2D eigenvalue weighted by Crippen LogP contribution is 2.23. The van der Waals surface area contributed by atoms with Crippen molar-refractivity contribution in [3.63, 3.8) is 0 Å². The Labute approximate surface area is 164 Å². The smallest absolute Gasteiger partial charge is 0.254 e. The lowest BCUT2D eigenvalue weighted by molar-refractivity contribution is -0.119. The lowest BCUT2D eigenvalue weighted by atomic mass is 10.1. The van der Waals surface area contributed by atoms with Crippen molar-refractivity contribution >= 4 is 23.3 Å². The zero-order chi connectivity index (χ0) is 19.7. The molecular formula is C20H26N6O2. The summed E-state index contributed by atoms with van der Waals surface area (Å²) in [7, 11) is 1.84. The fourth-order valence-corrected chi connectivity index (χ4v) is 3.87. The minimum atomic E-state index is -0.205. The van der Waals surface area contributed by atoms with Gasteiger partial charge in [-0.2, -0.15) is 5.10 Å². The second-order valence-electron chi connectivity index (χ2n) is 7.59. The average Bonchev–Trinajstić information content (AvgIpc) is 3.46. The van der Waals surface area contributed by atoms with E-state index >= 15 is 0 Å². The van der Waals surface area contributed by atoms with Crippen molar-refractivity contribution in [1.82, 2.24) is 19.7 Å². The summed E-state index contributed by atoms with van der Waals surface area (Å²) in [4.78, 5) is 33.9. The number of rotatable bonds is 4. The summed E-state index contributed by atoms with van der Waals surface area (Å²) >= 11 is 0. The third-order valence-corrected chi connectivity index (χ3v) is 5.76. The summed E-state index contributed by atoms with van der Waals surface area (Å²) in [5.74, 6) is 0.571. The van der Waals surface area contributed by atoms with Crippen molar-refractivity contribution in [2.75, 3.05) is 36.4 Å². The van der Waals surface area contributed by atoms with Crippen LogP contribution in [-0.4, -0.2) is 57.7 Å². The Morgan fingerprint density at radius 3 is 2.71 bits per heavy atom. The van der Waals surface area contributed by atoms with E-state index in [-0.39, 0.29) is 17.7 Å². The number of anilines is 2. The van der Waals surface area contributed by atoms with Gasteiger partial charge in [0.2, 0.25) is 5.91 Å². The van der Waals surface area contributed by atoms with E-state index in [9.17, 15) is 9.59 Å². The molecule has 0 bridgehead atoms. The van der Waals surface area contributed by atoms with Gasteiger partial charge in [-0.15, -0.1) is 0 Å². The standard InChI is InChI=1S/C20H26N6O2/c1-14-17(12-22-24(14)2)23-19(27)16-6-10-26(13-16)20(28)15-5-7-21-18(11-15)25-8-3-4-9-25/h5,7,11-12,16H,3-4,6,8-10,13H2,1-2H3,(H,23,27). The van der Waals surface area contributed by atoms with Crippen LogP contribution in [0.2, 0.25) is 0 Å². The van der Waals surface area contributed by atoms with Crippen molar-refractivity contribution < 1.29 is 9.59 Å². The topological polar surface area (TPSA) is 83.4 Å². The molecule has 8 heteroatoms. The Bertz CT molecular complexity index is 887. The molecule has 2 fully saturated rings. The fraction of sp³-hybridized carbons (Fsp3) is 0.500. The quantitative estimate of drug-likeness (QED) is 0.872. The molecule has 1 atom stereocenters. The Kier molecular flexibility index (Phi) is 5.02. The van der Waals surface area contributed by atoms with E-state index in [0.717, 1.165) is 30.3 Å². The molecule has 2 saturated heterocycles. The molecule has 28 heavy (non-hydrogen) atoms. The first kappa shape index (κ1) is 18.5. The van der Waals surface area contributed by atoms with Crippen LogP contribution in [0.15, 0.2) is 24.5 Å². The lowest BCUT2D eigenvalue weighted by Gasteiger charge is -2.19. The number of nitrogens with one attached hydrogen (secondary N) is 1. The van der Waals surface area contributed by atoms with Gasteiger partial charge >= 0.3 is 0 Å². The normalized spacial score (nSPS) is 19.3. The summed E-state index contributed by atoms with van der Waals surface area (Å²) in [6.45, 7) is 4.92. The van der Waals surface area contributed by atoms with Gasteiger partial charge in [0.05, 0.1) is 23.5 Å². The van der Waals surface area contributed by atoms with Gasteiger partial charge < -0.3 is 15.1 Å². The zero-order valence-electron chi connectivity index (χ0n) is 16.4. The van der Waals surface area contributed by atoms with E-state index in [1.165, 1.54) is 12.8 Å². The lowest BCUT2D eigenvalue weighted by Crippen LogP contribution is -2.31. The van der Waals surface area contributed by atoms with E-state index in [1.54, 1.807) is 28.0 Å². The fourth-order valence-electron chi connectivity index (χ4n) is 3.87. The second kappa shape index (κ2) is 7.61. The number of aryl methyl sites for hydroxylation is 1. The number of nitrogens with zero attached hydrogens (tertiary/aromatic N) is 5. The van der Waals surface area contributed by atoms with Crippen LogP contribution < -0.4 is 10.2 Å². The van der Waals surface area contributed by atoms with Gasteiger partial charge in [-0.05, 0) is 38.3 Å². The van der Waals surface area contributed by atoms with Crippen LogP contribution >= 0.6 is 0 Å². The van der Waals surface area contributed by atoms with Crippen molar-refractivity contribution in [2.24, 2.45) is 13.0 Å². The minimum absolute atomic E-state index is 0.0318. The first-order valence-corrected chi connectivity index (χ1v) is 9.82. The van der Waals surface area contributed by atoms with Gasteiger partial charge in [0, 0.05) is 45.0 Å². The highest BCUT2D eigenvalue weighted by atomic mass is 16.2. The molecule has 2 amide bonds. The van der Waals surface area contributed by atoms with Crippen LogP contribution in [0.3, 0.4) is 0 Å². The molecule has 1 unspecified atom stereocenters. The first-order chi connectivity index (χ1) is 13.5. The van der Waals surface area contributed by atoms with E-state index in [0.29, 0.717) is 25.1 Å². The van der Waals surface area contributed by atoms with Gasteiger partial charge in [0.25, 0.3) is 5.91 Å². The van der Waals surface area contributed by atoms with Crippen molar-refractivity contribution in [1.29, 1.82) is 0 Å². The molecule has 148 valence electrons. The van der Waals surface area contributed by atoms with Gasteiger partial charge in [0.15, 0.2) is 0 Å². The highest BCUT2D eigenvalue weighted by Gasteiger charge is 2.32. The Morgan fingerprint density at radius 2 is 2.00 bits per heavy atom. The number of aromatic nitrogens is 3. The predicted octanol–water partition coefficient (Wildman–Crippen LogP) is 1.82. The van der Waals surface area contributed by atoms with Crippen LogP contribution in [0.25, 0.3) is 0 Å².